The van der Waals surface area contributed by atoms with Crippen LogP contribution in [0.15, 0.2) is 24.3 Å². The van der Waals surface area contributed by atoms with Crippen molar-refractivity contribution in [1.29, 1.82) is 0 Å². The fraction of sp³-hybridized carbons (Fsp3) is 0.400. The number of benzene rings is 1. The van der Waals surface area contributed by atoms with Crippen molar-refractivity contribution in [2.45, 2.75) is 33.3 Å². The van der Waals surface area contributed by atoms with Crippen molar-refractivity contribution in [1.82, 2.24) is 10.2 Å². The first kappa shape index (κ1) is 13.6. The molecule has 102 valence electrons. The van der Waals surface area contributed by atoms with E-state index in [0.717, 1.165) is 29.1 Å². The molecule has 3 N–H and O–H groups in total. The van der Waals surface area contributed by atoms with Crippen LogP contribution in [-0.4, -0.2) is 22.8 Å². The SMILES string of the molecule is Cc1[nH]nc(-c2ccc(OC(C)C)cc2)c1CCN. The molecule has 2 aromatic rings. The second-order valence-corrected chi connectivity index (χ2v) is 4.91. The van der Waals surface area contributed by atoms with Gasteiger partial charge in [0.05, 0.1) is 11.8 Å². The summed E-state index contributed by atoms with van der Waals surface area (Å²) in [5.41, 5.74) is 10.0. The minimum absolute atomic E-state index is 0.186. The van der Waals surface area contributed by atoms with Gasteiger partial charge in [0.1, 0.15) is 5.75 Å². The molecule has 4 heteroatoms. The topological polar surface area (TPSA) is 63.9 Å². The van der Waals surface area contributed by atoms with Gasteiger partial charge in [0.2, 0.25) is 0 Å². The third kappa shape index (κ3) is 3.15. The van der Waals surface area contributed by atoms with Crippen LogP contribution < -0.4 is 10.5 Å². The molecule has 0 unspecified atom stereocenters. The normalized spacial score (nSPS) is 11.0. The molecule has 0 saturated carbocycles. The van der Waals surface area contributed by atoms with Crippen LogP contribution in [0.25, 0.3) is 11.3 Å². The highest BCUT2D eigenvalue weighted by Gasteiger charge is 2.11. The van der Waals surface area contributed by atoms with Crippen molar-refractivity contribution in [2.75, 3.05) is 6.54 Å². The number of nitrogens with one attached hydrogen (secondary N) is 1. The second kappa shape index (κ2) is 5.89. The molecule has 0 saturated heterocycles. The number of hydrogen-bond acceptors (Lipinski definition) is 3. The van der Waals surface area contributed by atoms with Crippen LogP contribution in [0.5, 0.6) is 5.75 Å². The van der Waals surface area contributed by atoms with Gasteiger partial charge in [-0.05, 0) is 58.0 Å². The standard InChI is InChI=1S/C15H21N3O/c1-10(2)19-13-6-4-12(5-7-13)15-14(8-9-16)11(3)17-18-15/h4-7,10H,8-9,16H2,1-3H3,(H,17,18). The summed E-state index contributed by atoms with van der Waals surface area (Å²) in [5.74, 6) is 0.881. The molecule has 19 heavy (non-hydrogen) atoms. The number of aromatic amines is 1. The van der Waals surface area contributed by atoms with Gasteiger partial charge < -0.3 is 10.5 Å². The van der Waals surface area contributed by atoms with Gasteiger partial charge >= 0.3 is 0 Å². The van der Waals surface area contributed by atoms with E-state index in [4.69, 9.17) is 10.5 Å². The van der Waals surface area contributed by atoms with Gasteiger partial charge in [-0.25, -0.2) is 0 Å². The Morgan fingerprint density at radius 3 is 2.53 bits per heavy atom. The minimum atomic E-state index is 0.186. The van der Waals surface area contributed by atoms with E-state index < -0.39 is 0 Å². The number of aromatic nitrogens is 2. The Hall–Kier alpha value is -1.81. The molecule has 4 nitrogen and oxygen atoms in total. The van der Waals surface area contributed by atoms with E-state index in [1.54, 1.807) is 0 Å². The van der Waals surface area contributed by atoms with Gasteiger partial charge in [-0.2, -0.15) is 5.10 Å². The molecule has 1 aromatic carbocycles. The first-order valence-electron chi connectivity index (χ1n) is 6.62. The van der Waals surface area contributed by atoms with E-state index in [9.17, 15) is 0 Å². The van der Waals surface area contributed by atoms with Crippen molar-refractivity contribution in [2.24, 2.45) is 5.73 Å². The Kier molecular flexibility index (Phi) is 4.22. The number of aryl methyl sites for hydroxylation is 1. The number of rotatable bonds is 5. The summed E-state index contributed by atoms with van der Waals surface area (Å²) in [5, 5.41) is 7.40. The largest absolute Gasteiger partial charge is 0.491 e. The number of hydrogen-bond donors (Lipinski definition) is 2. The molecule has 0 bridgehead atoms. The number of nitrogens with two attached hydrogens (primary N) is 1. The van der Waals surface area contributed by atoms with Crippen molar-refractivity contribution < 1.29 is 4.74 Å². The Morgan fingerprint density at radius 2 is 1.95 bits per heavy atom. The minimum Gasteiger partial charge on any atom is -0.491 e. The summed E-state index contributed by atoms with van der Waals surface area (Å²) in [6.45, 7) is 6.69. The van der Waals surface area contributed by atoms with Crippen LogP contribution in [0.4, 0.5) is 0 Å². The zero-order valence-electron chi connectivity index (χ0n) is 11.7. The summed E-state index contributed by atoms with van der Waals surface area (Å²) >= 11 is 0. The monoisotopic (exact) mass is 259 g/mol. The third-order valence-electron chi connectivity index (χ3n) is 2.97. The molecular formula is C15H21N3O. The predicted octanol–water partition coefficient (Wildman–Crippen LogP) is 2.67. The predicted molar refractivity (Wildman–Crippen MR) is 77.3 cm³/mol. The molecule has 0 amide bonds. The van der Waals surface area contributed by atoms with Crippen molar-refractivity contribution in [3.8, 4) is 17.0 Å². The molecule has 0 aliphatic heterocycles. The first-order valence-corrected chi connectivity index (χ1v) is 6.62. The Balaban J connectivity index is 2.27. The van der Waals surface area contributed by atoms with Crippen LogP contribution in [0.3, 0.4) is 0 Å². The number of nitrogens with zero attached hydrogens (tertiary/aromatic N) is 1. The zero-order valence-corrected chi connectivity index (χ0v) is 11.7. The lowest BCUT2D eigenvalue weighted by atomic mass is 10.0. The van der Waals surface area contributed by atoms with Crippen molar-refractivity contribution in [3.05, 3.63) is 35.5 Å². The fourth-order valence-corrected chi connectivity index (χ4v) is 2.10. The lowest BCUT2D eigenvalue weighted by molar-refractivity contribution is 0.242. The molecular weight excluding hydrogens is 238 g/mol. The van der Waals surface area contributed by atoms with Crippen LogP contribution in [0.1, 0.15) is 25.1 Å². The van der Waals surface area contributed by atoms with E-state index >= 15 is 0 Å². The van der Waals surface area contributed by atoms with Crippen LogP contribution in [-0.2, 0) is 6.42 Å². The maximum Gasteiger partial charge on any atom is 0.119 e. The molecule has 0 atom stereocenters. The van der Waals surface area contributed by atoms with Crippen LogP contribution in [0.2, 0.25) is 0 Å². The summed E-state index contributed by atoms with van der Waals surface area (Å²) in [4.78, 5) is 0. The van der Waals surface area contributed by atoms with Gasteiger partial charge in [0, 0.05) is 16.8 Å². The lowest BCUT2D eigenvalue weighted by Gasteiger charge is -2.10. The smallest absolute Gasteiger partial charge is 0.119 e. The molecule has 0 radical (unpaired) electrons. The van der Waals surface area contributed by atoms with E-state index in [1.807, 2.05) is 45.0 Å². The van der Waals surface area contributed by atoms with E-state index in [-0.39, 0.29) is 6.10 Å². The summed E-state index contributed by atoms with van der Waals surface area (Å²) < 4.78 is 5.64. The molecule has 2 rings (SSSR count). The van der Waals surface area contributed by atoms with Gasteiger partial charge in [0.25, 0.3) is 0 Å². The van der Waals surface area contributed by atoms with Crippen LogP contribution >= 0.6 is 0 Å². The second-order valence-electron chi connectivity index (χ2n) is 4.91. The summed E-state index contributed by atoms with van der Waals surface area (Å²) in [7, 11) is 0. The van der Waals surface area contributed by atoms with Gasteiger partial charge in [-0.15, -0.1) is 0 Å². The summed E-state index contributed by atoms with van der Waals surface area (Å²) in [6.07, 6.45) is 1.02. The highest BCUT2D eigenvalue weighted by atomic mass is 16.5. The Labute approximate surface area is 114 Å². The van der Waals surface area contributed by atoms with Gasteiger partial charge in [-0.3, -0.25) is 5.10 Å². The Bertz CT molecular complexity index is 529. The zero-order chi connectivity index (χ0) is 13.8. The maximum atomic E-state index is 5.65. The lowest BCUT2D eigenvalue weighted by Crippen LogP contribution is -2.05. The van der Waals surface area contributed by atoms with E-state index in [2.05, 4.69) is 10.2 Å². The van der Waals surface area contributed by atoms with Gasteiger partial charge in [-0.1, -0.05) is 0 Å². The first-order chi connectivity index (χ1) is 9.11. The molecule has 1 aromatic heterocycles. The van der Waals surface area contributed by atoms with E-state index in [0.29, 0.717) is 6.54 Å². The van der Waals surface area contributed by atoms with Gasteiger partial charge in [0.15, 0.2) is 0 Å². The Morgan fingerprint density at radius 1 is 1.26 bits per heavy atom. The highest BCUT2D eigenvalue weighted by Crippen LogP contribution is 2.26. The van der Waals surface area contributed by atoms with Crippen molar-refractivity contribution >= 4 is 0 Å². The number of H-pyrrole nitrogens is 1. The quantitative estimate of drug-likeness (QED) is 0.867. The number of ether oxygens (including phenoxy) is 1. The third-order valence-corrected chi connectivity index (χ3v) is 2.97. The average molecular weight is 259 g/mol. The molecule has 1 heterocycles. The van der Waals surface area contributed by atoms with Crippen molar-refractivity contribution in [3.63, 3.8) is 0 Å². The molecule has 0 spiro atoms. The summed E-state index contributed by atoms with van der Waals surface area (Å²) in [6, 6.07) is 8.03. The highest BCUT2D eigenvalue weighted by molar-refractivity contribution is 5.64. The molecule has 0 aliphatic rings. The average Bonchev–Trinajstić information content (AvgIpc) is 2.72. The molecule has 0 aliphatic carbocycles. The molecule has 0 fully saturated rings. The van der Waals surface area contributed by atoms with E-state index in [1.165, 1.54) is 5.56 Å². The fourth-order valence-electron chi connectivity index (χ4n) is 2.10. The van der Waals surface area contributed by atoms with Crippen LogP contribution in [0, 0.1) is 6.92 Å². The maximum absolute atomic E-state index is 5.65.